The van der Waals surface area contributed by atoms with Gasteiger partial charge in [0.1, 0.15) is 5.75 Å². The molecule has 0 fully saturated rings. The molecule has 2 aromatic carbocycles. The molecule has 1 amide bonds. The number of hydrogen-bond donors (Lipinski definition) is 1. The molecule has 1 heterocycles. The molecule has 0 aliphatic carbocycles. The van der Waals surface area contributed by atoms with E-state index in [0.29, 0.717) is 17.9 Å². The summed E-state index contributed by atoms with van der Waals surface area (Å²) in [5.74, 6) is 0.163. The Hall–Kier alpha value is -3.53. The molecule has 0 atom stereocenters. The maximum absolute atomic E-state index is 12.2. The van der Waals surface area contributed by atoms with E-state index in [1.807, 2.05) is 12.1 Å². The third kappa shape index (κ3) is 5.26. The first-order valence-electron chi connectivity index (χ1n) is 8.40. The average molecular weight is 458 g/mol. The minimum Gasteiger partial charge on any atom is -0.496 e. The quantitative estimate of drug-likeness (QED) is 0.332. The SMILES string of the molecule is COc1ccc(Br)cc1C=NNC(=O)c1ccn(Cc2ccc([N+](=O)[O-])cc2)n1. The summed E-state index contributed by atoms with van der Waals surface area (Å²) in [5, 5.41) is 18.9. The molecule has 0 radical (unpaired) electrons. The Morgan fingerprint density at radius 3 is 2.76 bits per heavy atom. The molecule has 10 heteroatoms. The number of aromatic nitrogens is 2. The first-order chi connectivity index (χ1) is 14.0. The highest BCUT2D eigenvalue weighted by Gasteiger charge is 2.10. The van der Waals surface area contributed by atoms with Crippen molar-refractivity contribution in [3.63, 3.8) is 0 Å². The summed E-state index contributed by atoms with van der Waals surface area (Å²) in [6.45, 7) is 0.379. The van der Waals surface area contributed by atoms with Gasteiger partial charge in [0.2, 0.25) is 0 Å². The Balaban J connectivity index is 1.62. The van der Waals surface area contributed by atoms with Crippen LogP contribution in [0.2, 0.25) is 0 Å². The number of amides is 1. The Bertz CT molecular complexity index is 1060. The lowest BCUT2D eigenvalue weighted by molar-refractivity contribution is -0.384. The number of hydrazone groups is 1. The fourth-order valence-electron chi connectivity index (χ4n) is 2.50. The summed E-state index contributed by atoms with van der Waals surface area (Å²) in [6, 6.07) is 13.2. The number of nitrogens with zero attached hydrogens (tertiary/aromatic N) is 4. The molecule has 3 aromatic rings. The van der Waals surface area contributed by atoms with Crippen LogP contribution in [0, 0.1) is 10.1 Å². The monoisotopic (exact) mass is 457 g/mol. The Morgan fingerprint density at radius 1 is 1.31 bits per heavy atom. The van der Waals surface area contributed by atoms with Crippen molar-refractivity contribution in [2.75, 3.05) is 7.11 Å². The third-order valence-electron chi connectivity index (χ3n) is 3.93. The van der Waals surface area contributed by atoms with E-state index in [1.54, 1.807) is 42.3 Å². The number of hydrogen-bond acceptors (Lipinski definition) is 6. The molecular formula is C19H16BrN5O4. The van der Waals surface area contributed by atoms with Crippen LogP contribution in [-0.4, -0.2) is 33.9 Å². The zero-order chi connectivity index (χ0) is 20.8. The van der Waals surface area contributed by atoms with E-state index >= 15 is 0 Å². The summed E-state index contributed by atoms with van der Waals surface area (Å²) < 4.78 is 7.67. The molecule has 3 rings (SSSR count). The van der Waals surface area contributed by atoms with Gasteiger partial charge in [0, 0.05) is 28.4 Å². The highest BCUT2D eigenvalue weighted by atomic mass is 79.9. The van der Waals surface area contributed by atoms with Gasteiger partial charge in [-0.15, -0.1) is 0 Å². The highest BCUT2D eigenvalue weighted by molar-refractivity contribution is 9.10. The number of carbonyl (C=O) groups is 1. The van der Waals surface area contributed by atoms with Gasteiger partial charge in [-0.3, -0.25) is 19.6 Å². The van der Waals surface area contributed by atoms with Gasteiger partial charge in [-0.25, -0.2) is 5.43 Å². The number of rotatable bonds is 7. The van der Waals surface area contributed by atoms with E-state index in [2.05, 4.69) is 31.6 Å². The number of carbonyl (C=O) groups excluding carboxylic acids is 1. The maximum Gasteiger partial charge on any atom is 0.291 e. The van der Waals surface area contributed by atoms with Crippen LogP contribution in [0.4, 0.5) is 5.69 Å². The Morgan fingerprint density at radius 2 is 2.07 bits per heavy atom. The molecule has 0 saturated heterocycles. The second-order valence-corrected chi connectivity index (χ2v) is 6.82. The van der Waals surface area contributed by atoms with Gasteiger partial charge in [-0.05, 0) is 29.8 Å². The van der Waals surface area contributed by atoms with Crippen LogP contribution in [0.25, 0.3) is 0 Å². The number of nitrogens with one attached hydrogen (secondary N) is 1. The smallest absolute Gasteiger partial charge is 0.291 e. The van der Waals surface area contributed by atoms with Crippen molar-refractivity contribution in [3.8, 4) is 5.75 Å². The fraction of sp³-hybridized carbons (Fsp3) is 0.105. The predicted molar refractivity (Wildman–Crippen MR) is 110 cm³/mol. The largest absolute Gasteiger partial charge is 0.496 e. The molecular weight excluding hydrogens is 442 g/mol. The summed E-state index contributed by atoms with van der Waals surface area (Å²) in [5.41, 5.74) is 4.17. The van der Waals surface area contributed by atoms with Crippen LogP contribution >= 0.6 is 15.9 Å². The standard InChI is InChI=1S/C19H16BrN5O4/c1-29-18-7-4-15(20)10-14(18)11-21-22-19(26)17-8-9-24(23-17)12-13-2-5-16(6-3-13)25(27)28/h2-11H,12H2,1H3,(H,22,26). The summed E-state index contributed by atoms with van der Waals surface area (Å²) >= 11 is 3.37. The van der Waals surface area contributed by atoms with E-state index in [9.17, 15) is 14.9 Å². The molecule has 0 saturated carbocycles. The number of halogens is 1. The molecule has 0 unspecified atom stereocenters. The van der Waals surface area contributed by atoms with Crippen LogP contribution in [0.15, 0.2) is 64.3 Å². The van der Waals surface area contributed by atoms with Crippen LogP contribution in [0.5, 0.6) is 5.75 Å². The van der Waals surface area contributed by atoms with Gasteiger partial charge in [-0.1, -0.05) is 28.1 Å². The highest BCUT2D eigenvalue weighted by Crippen LogP contribution is 2.21. The second kappa shape index (κ2) is 9.11. The minimum atomic E-state index is -0.460. The van der Waals surface area contributed by atoms with Crippen molar-refractivity contribution < 1.29 is 14.5 Å². The van der Waals surface area contributed by atoms with E-state index < -0.39 is 10.8 Å². The van der Waals surface area contributed by atoms with Crippen LogP contribution < -0.4 is 10.2 Å². The average Bonchev–Trinajstić information content (AvgIpc) is 3.17. The van der Waals surface area contributed by atoms with Crippen molar-refractivity contribution in [2.24, 2.45) is 5.10 Å². The predicted octanol–water partition coefficient (Wildman–Crippen LogP) is 3.37. The molecule has 0 bridgehead atoms. The summed E-state index contributed by atoms with van der Waals surface area (Å²) in [4.78, 5) is 22.5. The zero-order valence-corrected chi connectivity index (χ0v) is 16.9. The fourth-order valence-corrected chi connectivity index (χ4v) is 2.88. The lowest BCUT2D eigenvalue weighted by Crippen LogP contribution is -2.18. The number of non-ortho nitro benzene ring substituents is 1. The van der Waals surface area contributed by atoms with Crippen molar-refractivity contribution in [3.05, 3.63) is 86.1 Å². The molecule has 148 valence electrons. The molecule has 1 aromatic heterocycles. The molecule has 0 aliphatic rings. The lowest BCUT2D eigenvalue weighted by atomic mass is 10.2. The van der Waals surface area contributed by atoms with Crippen LogP contribution in [-0.2, 0) is 6.54 Å². The first kappa shape index (κ1) is 20.2. The number of methoxy groups -OCH3 is 1. The molecule has 0 spiro atoms. The Kier molecular flexibility index (Phi) is 6.35. The van der Waals surface area contributed by atoms with E-state index in [-0.39, 0.29) is 11.4 Å². The second-order valence-electron chi connectivity index (χ2n) is 5.91. The number of ether oxygens (including phenoxy) is 1. The zero-order valence-electron chi connectivity index (χ0n) is 15.3. The summed E-state index contributed by atoms with van der Waals surface area (Å²) in [7, 11) is 1.55. The molecule has 1 N–H and O–H groups in total. The van der Waals surface area contributed by atoms with Gasteiger partial charge in [0.15, 0.2) is 5.69 Å². The van der Waals surface area contributed by atoms with Gasteiger partial charge in [0.05, 0.1) is 24.8 Å². The van der Waals surface area contributed by atoms with Crippen molar-refractivity contribution in [2.45, 2.75) is 6.54 Å². The normalized spacial score (nSPS) is 10.8. The molecule has 0 aliphatic heterocycles. The van der Waals surface area contributed by atoms with Crippen molar-refractivity contribution >= 4 is 33.7 Å². The van der Waals surface area contributed by atoms with Gasteiger partial charge in [0.25, 0.3) is 11.6 Å². The molecule has 9 nitrogen and oxygen atoms in total. The topological polar surface area (TPSA) is 112 Å². The van der Waals surface area contributed by atoms with Gasteiger partial charge >= 0.3 is 0 Å². The van der Waals surface area contributed by atoms with Crippen molar-refractivity contribution in [1.82, 2.24) is 15.2 Å². The minimum absolute atomic E-state index is 0.0224. The number of nitro benzene ring substituents is 1. The van der Waals surface area contributed by atoms with Crippen LogP contribution in [0.3, 0.4) is 0 Å². The van der Waals surface area contributed by atoms with E-state index in [1.165, 1.54) is 18.3 Å². The number of nitro groups is 1. The third-order valence-corrected chi connectivity index (χ3v) is 4.42. The molecule has 29 heavy (non-hydrogen) atoms. The van der Waals surface area contributed by atoms with E-state index in [0.717, 1.165) is 10.0 Å². The summed E-state index contributed by atoms with van der Waals surface area (Å²) in [6.07, 6.45) is 3.13. The Labute approximate surface area is 174 Å². The van der Waals surface area contributed by atoms with Crippen molar-refractivity contribution in [1.29, 1.82) is 0 Å². The lowest BCUT2D eigenvalue weighted by Gasteiger charge is -2.04. The maximum atomic E-state index is 12.2. The van der Waals surface area contributed by atoms with Gasteiger partial charge < -0.3 is 4.74 Å². The first-order valence-corrected chi connectivity index (χ1v) is 9.19. The van der Waals surface area contributed by atoms with E-state index in [4.69, 9.17) is 4.74 Å². The van der Waals surface area contributed by atoms with Crippen LogP contribution in [0.1, 0.15) is 21.6 Å². The van der Waals surface area contributed by atoms with Gasteiger partial charge in [-0.2, -0.15) is 10.2 Å². The number of benzene rings is 2.